The lowest BCUT2D eigenvalue weighted by molar-refractivity contribution is -0.120. The van der Waals surface area contributed by atoms with Gasteiger partial charge in [0.2, 0.25) is 5.91 Å². The van der Waals surface area contributed by atoms with E-state index in [1.165, 1.54) is 11.3 Å². The molecule has 0 saturated heterocycles. The van der Waals surface area contributed by atoms with Crippen molar-refractivity contribution in [3.05, 3.63) is 59.7 Å². The van der Waals surface area contributed by atoms with E-state index in [0.29, 0.717) is 0 Å². The molecular formula is C21H28N2O. The van der Waals surface area contributed by atoms with Crippen molar-refractivity contribution in [1.82, 2.24) is 0 Å². The lowest BCUT2D eigenvalue weighted by atomic mass is 9.83. The summed E-state index contributed by atoms with van der Waals surface area (Å²) in [6, 6.07) is 16.2. The zero-order chi connectivity index (χ0) is 17.7. The van der Waals surface area contributed by atoms with Gasteiger partial charge in [0, 0.05) is 24.5 Å². The van der Waals surface area contributed by atoms with Crippen molar-refractivity contribution in [3.63, 3.8) is 0 Å². The summed E-state index contributed by atoms with van der Waals surface area (Å²) in [6.45, 7) is 12.2. The molecule has 0 bridgehead atoms. The predicted molar refractivity (Wildman–Crippen MR) is 103 cm³/mol. The van der Waals surface area contributed by atoms with E-state index >= 15 is 0 Å². The third-order valence-corrected chi connectivity index (χ3v) is 4.59. The monoisotopic (exact) mass is 324 g/mol. The first-order valence-corrected chi connectivity index (χ1v) is 8.62. The molecule has 1 N–H and O–H groups in total. The third kappa shape index (κ3) is 3.97. The Kier molecular flexibility index (Phi) is 5.66. The molecule has 128 valence electrons. The fourth-order valence-corrected chi connectivity index (χ4v) is 2.73. The molecule has 2 aromatic carbocycles. The number of carbonyl (C=O) groups is 1. The zero-order valence-corrected chi connectivity index (χ0v) is 15.4. The van der Waals surface area contributed by atoms with Crippen LogP contribution in [-0.4, -0.2) is 19.0 Å². The number of hydrogen-bond acceptors (Lipinski definition) is 2. The molecule has 2 aromatic rings. The molecule has 0 saturated carbocycles. The summed E-state index contributed by atoms with van der Waals surface area (Å²) in [5, 5.41) is 3.04. The van der Waals surface area contributed by atoms with Crippen LogP contribution in [0.1, 0.15) is 38.8 Å². The highest BCUT2D eigenvalue weighted by atomic mass is 16.2. The van der Waals surface area contributed by atoms with Crippen molar-refractivity contribution in [3.8, 4) is 0 Å². The Morgan fingerprint density at radius 3 is 2.00 bits per heavy atom. The van der Waals surface area contributed by atoms with Gasteiger partial charge in [-0.25, -0.2) is 0 Å². The Bertz CT molecular complexity index is 668. The van der Waals surface area contributed by atoms with Crippen LogP contribution in [0, 0.1) is 6.92 Å². The molecule has 24 heavy (non-hydrogen) atoms. The van der Waals surface area contributed by atoms with Gasteiger partial charge in [0.1, 0.15) is 0 Å². The number of nitrogens with one attached hydrogen (secondary N) is 1. The topological polar surface area (TPSA) is 32.3 Å². The van der Waals surface area contributed by atoms with Crippen molar-refractivity contribution in [2.45, 2.75) is 40.0 Å². The number of nitrogens with zero attached hydrogens (tertiary/aromatic N) is 1. The van der Waals surface area contributed by atoms with Gasteiger partial charge in [-0.05, 0) is 64.4 Å². The van der Waals surface area contributed by atoms with Crippen LogP contribution in [-0.2, 0) is 10.2 Å². The van der Waals surface area contributed by atoms with Crippen LogP contribution in [0.4, 0.5) is 11.4 Å². The maximum absolute atomic E-state index is 12.7. The van der Waals surface area contributed by atoms with Crippen LogP contribution in [0.3, 0.4) is 0 Å². The van der Waals surface area contributed by atoms with Gasteiger partial charge in [0.05, 0.1) is 5.41 Å². The summed E-state index contributed by atoms with van der Waals surface area (Å²) < 4.78 is 0. The summed E-state index contributed by atoms with van der Waals surface area (Å²) >= 11 is 0. The van der Waals surface area contributed by atoms with E-state index in [-0.39, 0.29) is 5.91 Å². The lowest BCUT2D eigenvalue weighted by Crippen LogP contribution is -2.34. The van der Waals surface area contributed by atoms with Gasteiger partial charge in [-0.2, -0.15) is 0 Å². The van der Waals surface area contributed by atoms with E-state index in [1.54, 1.807) is 0 Å². The Morgan fingerprint density at radius 2 is 1.50 bits per heavy atom. The second kappa shape index (κ2) is 7.52. The summed E-state index contributed by atoms with van der Waals surface area (Å²) in [6.07, 6.45) is 0. The van der Waals surface area contributed by atoms with Crippen LogP contribution in [0.25, 0.3) is 0 Å². The molecule has 0 aliphatic rings. The Balaban J connectivity index is 2.12. The van der Waals surface area contributed by atoms with Gasteiger partial charge < -0.3 is 10.2 Å². The Labute approximate surface area is 145 Å². The van der Waals surface area contributed by atoms with Gasteiger partial charge in [0.25, 0.3) is 0 Å². The maximum atomic E-state index is 12.7. The fraction of sp³-hybridized carbons (Fsp3) is 0.381. The van der Waals surface area contributed by atoms with Crippen molar-refractivity contribution < 1.29 is 4.79 Å². The van der Waals surface area contributed by atoms with Gasteiger partial charge in [-0.3, -0.25) is 4.79 Å². The number of amides is 1. The smallest absolute Gasteiger partial charge is 0.234 e. The molecule has 0 heterocycles. The van der Waals surface area contributed by atoms with E-state index < -0.39 is 5.41 Å². The molecule has 2 rings (SSSR count). The molecular weight excluding hydrogens is 296 g/mol. The number of aryl methyl sites for hydroxylation is 1. The molecule has 0 spiro atoms. The van der Waals surface area contributed by atoms with Crippen LogP contribution in [0.5, 0.6) is 0 Å². The van der Waals surface area contributed by atoms with Crippen LogP contribution in [0.15, 0.2) is 48.5 Å². The number of rotatable bonds is 6. The minimum atomic E-state index is -0.578. The molecule has 0 aromatic heterocycles. The molecule has 3 heteroatoms. The maximum Gasteiger partial charge on any atom is 0.234 e. The van der Waals surface area contributed by atoms with E-state index in [2.05, 4.69) is 36.2 Å². The van der Waals surface area contributed by atoms with Gasteiger partial charge >= 0.3 is 0 Å². The number of benzene rings is 2. The van der Waals surface area contributed by atoms with Crippen molar-refractivity contribution in [1.29, 1.82) is 0 Å². The van der Waals surface area contributed by atoms with Crippen LogP contribution < -0.4 is 10.2 Å². The largest absolute Gasteiger partial charge is 0.372 e. The molecule has 0 aliphatic carbocycles. The zero-order valence-electron chi connectivity index (χ0n) is 15.4. The highest BCUT2D eigenvalue weighted by molar-refractivity contribution is 5.98. The highest BCUT2D eigenvalue weighted by Gasteiger charge is 2.29. The summed E-state index contributed by atoms with van der Waals surface area (Å²) in [5.74, 6) is 0.00180. The Hall–Kier alpha value is -2.29. The van der Waals surface area contributed by atoms with Crippen molar-refractivity contribution in [2.75, 3.05) is 23.3 Å². The first kappa shape index (κ1) is 18.1. The normalized spacial score (nSPS) is 11.2. The molecule has 3 nitrogen and oxygen atoms in total. The van der Waals surface area contributed by atoms with Crippen LogP contribution in [0.2, 0.25) is 0 Å². The molecule has 0 unspecified atom stereocenters. The molecule has 0 aliphatic heterocycles. The summed E-state index contributed by atoms with van der Waals surface area (Å²) in [5.41, 5.74) is 3.64. The fourth-order valence-electron chi connectivity index (χ4n) is 2.73. The van der Waals surface area contributed by atoms with Gasteiger partial charge in [-0.15, -0.1) is 0 Å². The summed E-state index contributed by atoms with van der Waals surface area (Å²) in [7, 11) is 0. The third-order valence-electron chi connectivity index (χ3n) is 4.59. The van der Waals surface area contributed by atoms with Crippen molar-refractivity contribution in [2.24, 2.45) is 0 Å². The van der Waals surface area contributed by atoms with E-state index in [1.807, 2.05) is 57.2 Å². The average molecular weight is 324 g/mol. The number of carbonyl (C=O) groups excluding carboxylic acids is 1. The standard InChI is InChI=1S/C21H28N2O/c1-6-23(7-2)19-14-12-18(13-15-19)22-20(24)21(4,5)17-10-8-16(3)9-11-17/h8-15H,6-7H2,1-5H3,(H,22,24). The molecule has 0 atom stereocenters. The van der Waals surface area contributed by atoms with E-state index in [9.17, 15) is 4.79 Å². The second-order valence-electron chi connectivity index (χ2n) is 6.66. The first-order valence-electron chi connectivity index (χ1n) is 8.62. The van der Waals surface area contributed by atoms with Crippen molar-refractivity contribution >= 4 is 17.3 Å². The van der Waals surface area contributed by atoms with Gasteiger partial charge in [-0.1, -0.05) is 29.8 Å². The molecule has 0 radical (unpaired) electrons. The lowest BCUT2D eigenvalue weighted by Gasteiger charge is -2.25. The first-order chi connectivity index (χ1) is 11.4. The van der Waals surface area contributed by atoms with Crippen LogP contribution >= 0.6 is 0 Å². The highest BCUT2D eigenvalue weighted by Crippen LogP contribution is 2.26. The van der Waals surface area contributed by atoms with E-state index in [4.69, 9.17) is 0 Å². The molecule has 1 amide bonds. The molecule has 0 fully saturated rings. The number of anilines is 2. The minimum Gasteiger partial charge on any atom is -0.372 e. The van der Waals surface area contributed by atoms with Gasteiger partial charge in [0.15, 0.2) is 0 Å². The Morgan fingerprint density at radius 1 is 0.958 bits per heavy atom. The summed E-state index contributed by atoms with van der Waals surface area (Å²) in [4.78, 5) is 15.0. The SMILES string of the molecule is CCN(CC)c1ccc(NC(=O)C(C)(C)c2ccc(C)cc2)cc1. The number of hydrogen-bond donors (Lipinski definition) is 1. The van der Waals surface area contributed by atoms with E-state index in [0.717, 1.165) is 24.3 Å². The predicted octanol–water partition coefficient (Wildman–Crippen LogP) is 4.76. The average Bonchev–Trinajstić information content (AvgIpc) is 2.58. The quantitative estimate of drug-likeness (QED) is 0.831. The minimum absolute atomic E-state index is 0.00180. The second-order valence-corrected chi connectivity index (χ2v) is 6.66.